The van der Waals surface area contributed by atoms with Crippen molar-refractivity contribution in [2.24, 2.45) is 5.92 Å². The third kappa shape index (κ3) is 3.95. The van der Waals surface area contributed by atoms with Crippen molar-refractivity contribution in [2.75, 3.05) is 19.6 Å². The van der Waals surface area contributed by atoms with Gasteiger partial charge in [0.2, 0.25) is 0 Å². The second-order valence-electron chi connectivity index (χ2n) is 5.38. The first-order chi connectivity index (χ1) is 8.69. The summed E-state index contributed by atoms with van der Waals surface area (Å²) in [7, 11) is 0. The summed E-state index contributed by atoms with van der Waals surface area (Å²) in [6.07, 6.45) is 3.40. The minimum Gasteiger partial charge on any atom is -0.303 e. The van der Waals surface area contributed by atoms with E-state index in [1.54, 1.807) is 0 Å². The summed E-state index contributed by atoms with van der Waals surface area (Å²) in [5.74, 6) is 1.17. The Bertz CT molecular complexity index is 392. The molecular weight excluding hydrogens is 222 g/mol. The Hall–Kier alpha value is -1.15. The minimum atomic E-state index is 0.268. The molecule has 98 valence electrons. The average Bonchev–Trinajstić information content (AvgIpc) is 3.18. The zero-order valence-corrected chi connectivity index (χ0v) is 11.5. The van der Waals surface area contributed by atoms with Crippen molar-refractivity contribution in [3.05, 3.63) is 35.4 Å². The summed E-state index contributed by atoms with van der Waals surface area (Å²) < 4.78 is 0. The molecule has 18 heavy (non-hydrogen) atoms. The molecule has 0 amide bonds. The topological polar surface area (TPSA) is 20.3 Å². The SMILES string of the molecule is CCN(CCC(=O)c1ccc(C)cc1)CC1CC1. The lowest BCUT2D eigenvalue weighted by atomic mass is 10.1. The van der Waals surface area contributed by atoms with Gasteiger partial charge in [0.25, 0.3) is 0 Å². The summed E-state index contributed by atoms with van der Waals surface area (Å²) in [4.78, 5) is 14.5. The van der Waals surface area contributed by atoms with Gasteiger partial charge in [0.1, 0.15) is 0 Å². The zero-order chi connectivity index (χ0) is 13.0. The van der Waals surface area contributed by atoms with E-state index in [9.17, 15) is 4.79 Å². The van der Waals surface area contributed by atoms with Gasteiger partial charge in [0, 0.05) is 25.1 Å². The van der Waals surface area contributed by atoms with Gasteiger partial charge < -0.3 is 4.90 Å². The van der Waals surface area contributed by atoms with Crippen molar-refractivity contribution >= 4 is 5.78 Å². The van der Waals surface area contributed by atoms with Gasteiger partial charge in [-0.3, -0.25) is 4.79 Å². The number of hydrogen-bond donors (Lipinski definition) is 0. The number of nitrogens with zero attached hydrogens (tertiary/aromatic N) is 1. The van der Waals surface area contributed by atoms with Crippen molar-refractivity contribution in [1.29, 1.82) is 0 Å². The van der Waals surface area contributed by atoms with Gasteiger partial charge in [-0.2, -0.15) is 0 Å². The first-order valence-electron chi connectivity index (χ1n) is 7.01. The maximum Gasteiger partial charge on any atom is 0.164 e. The Balaban J connectivity index is 1.80. The van der Waals surface area contributed by atoms with Gasteiger partial charge in [-0.1, -0.05) is 36.8 Å². The summed E-state index contributed by atoms with van der Waals surface area (Å²) in [6, 6.07) is 7.90. The Labute approximate surface area is 110 Å². The number of carbonyl (C=O) groups is 1. The van der Waals surface area contributed by atoms with Gasteiger partial charge >= 0.3 is 0 Å². The highest BCUT2D eigenvalue weighted by Crippen LogP contribution is 2.29. The van der Waals surface area contributed by atoms with Crippen molar-refractivity contribution in [3.8, 4) is 0 Å². The van der Waals surface area contributed by atoms with Crippen molar-refractivity contribution < 1.29 is 4.79 Å². The number of benzene rings is 1. The molecule has 0 aliphatic heterocycles. The molecule has 2 rings (SSSR count). The van der Waals surface area contributed by atoms with Crippen molar-refractivity contribution in [1.82, 2.24) is 4.90 Å². The van der Waals surface area contributed by atoms with Gasteiger partial charge in [-0.15, -0.1) is 0 Å². The molecular formula is C16H23NO. The fourth-order valence-corrected chi connectivity index (χ4v) is 2.19. The lowest BCUT2D eigenvalue weighted by molar-refractivity contribution is 0.0964. The molecule has 0 N–H and O–H groups in total. The van der Waals surface area contributed by atoms with E-state index >= 15 is 0 Å². The number of aryl methyl sites for hydroxylation is 1. The number of ketones is 1. The smallest absolute Gasteiger partial charge is 0.164 e. The van der Waals surface area contributed by atoms with Crippen LogP contribution >= 0.6 is 0 Å². The molecule has 2 nitrogen and oxygen atoms in total. The van der Waals surface area contributed by atoms with Crippen LogP contribution < -0.4 is 0 Å². The Morgan fingerprint density at radius 2 is 1.94 bits per heavy atom. The van der Waals surface area contributed by atoms with Crippen LogP contribution in [0.5, 0.6) is 0 Å². The second-order valence-corrected chi connectivity index (χ2v) is 5.38. The highest BCUT2D eigenvalue weighted by atomic mass is 16.1. The molecule has 1 aliphatic rings. The van der Waals surface area contributed by atoms with E-state index in [1.165, 1.54) is 24.9 Å². The molecule has 0 unspecified atom stereocenters. The average molecular weight is 245 g/mol. The predicted octanol–water partition coefficient (Wildman–Crippen LogP) is 3.30. The molecule has 1 aromatic carbocycles. The summed E-state index contributed by atoms with van der Waals surface area (Å²) in [5, 5.41) is 0. The van der Waals surface area contributed by atoms with E-state index < -0.39 is 0 Å². The summed E-state index contributed by atoms with van der Waals surface area (Å²) in [6.45, 7) is 7.36. The van der Waals surface area contributed by atoms with Crippen LogP contribution in [-0.4, -0.2) is 30.3 Å². The molecule has 0 aromatic heterocycles. The summed E-state index contributed by atoms with van der Waals surface area (Å²) >= 11 is 0. The Kier molecular flexibility index (Phi) is 4.54. The van der Waals surface area contributed by atoms with E-state index in [2.05, 4.69) is 11.8 Å². The van der Waals surface area contributed by atoms with Crippen molar-refractivity contribution in [3.63, 3.8) is 0 Å². The fraction of sp³-hybridized carbons (Fsp3) is 0.562. The number of Topliss-reactive ketones (excluding diaryl/α,β-unsaturated/α-hetero) is 1. The molecule has 0 spiro atoms. The Morgan fingerprint density at radius 3 is 2.50 bits per heavy atom. The molecule has 1 aromatic rings. The fourth-order valence-electron chi connectivity index (χ4n) is 2.19. The van der Waals surface area contributed by atoms with Crippen LogP contribution in [0.25, 0.3) is 0 Å². The highest BCUT2D eigenvalue weighted by Gasteiger charge is 2.23. The maximum absolute atomic E-state index is 12.1. The van der Waals surface area contributed by atoms with E-state index in [4.69, 9.17) is 0 Å². The van der Waals surface area contributed by atoms with Crippen LogP contribution in [-0.2, 0) is 0 Å². The molecule has 0 atom stereocenters. The molecule has 1 aliphatic carbocycles. The third-order valence-corrected chi connectivity index (χ3v) is 3.69. The third-order valence-electron chi connectivity index (χ3n) is 3.69. The maximum atomic E-state index is 12.1. The molecule has 0 radical (unpaired) electrons. The molecule has 2 heteroatoms. The van der Waals surface area contributed by atoms with Crippen LogP contribution in [0.1, 0.15) is 42.1 Å². The predicted molar refractivity (Wildman–Crippen MR) is 75.0 cm³/mol. The lowest BCUT2D eigenvalue weighted by Gasteiger charge is -2.19. The van der Waals surface area contributed by atoms with Gasteiger partial charge in [0.15, 0.2) is 5.78 Å². The standard InChI is InChI=1S/C16H23NO/c1-3-17(12-14-6-7-14)11-10-16(18)15-8-4-13(2)5-9-15/h4-5,8-9,14H,3,6-7,10-12H2,1-2H3. The molecule has 1 fully saturated rings. The van der Waals surface area contributed by atoms with Crippen LogP contribution in [0.2, 0.25) is 0 Å². The molecule has 0 heterocycles. The van der Waals surface area contributed by atoms with E-state index in [0.29, 0.717) is 6.42 Å². The van der Waals surface area contributed by atoms with Crippen LogP contribution in [0.15, 0.2) is 24.3 Å². The number of hydrogen-bond acceptors (Lipinski definition) is 2. The van der Waals surface area contributed by atoms with Gasteiger partial charge in [-0.25, -0.2) is 0 Å². The monoisotopic (exact) mass is 245 g/mol. The van der Waals surface area contributed by atoms with E-state index in [1.807, 2.05) is 31.2 Å². The Morgan fingerprint density at radius 1 is 1.28 bits per heavy atom. The van der Waals surface area contributed by atoms with Crippen LogP contribution in [0, 0.1) is 12.8 Å². The van der Waals surface area contributed by atoms with Crippen molar-refractivity contribution in [2.45, 2.75) is 33.1 Å². The molecule has 0 bridgehead atoms. The van der Waals surface area contributed by atoms with Gasteiger partial charge in [0.05, 0.1) is 0 Å². The minimum absolute atomic E-state index is 0.268. The highest BCUT2D eigenvalue weighted by molar-refractivity contribution is 5.96. The molecule has 1 saturated carbocycles. The number of carbonyl (C=O) groups excluding carboxylic acids is 1. The second kappa shape index (κ2) is 6.14. The van der Waals surface area contributed by atoms with Gasteiger partial charge in [-0.05, 0) is 32.2 Å². The van der Waals surface area contributed by atoms with Crippen LogP contribution in [0.3, 0.4) is 0 Å². The van der Waals surface area contributed by atoms with E-state index in [0.717, 1.165) is 24.6 Å². The first-order valence-corrected chi connectivity index (χ1v) is 7.01. The quantitative estimate of drug-likeness (QED) is 0.687. The number of rotatable bonds is 7. The zero-order valence-electron chi connectivity index (χ0n) is 11.5. The van der Waals surface area contributed by atoms with E-state index in [-0.39, 0.29) is 5.78 Å². The summed E-state index contributed by atoms with van der Waals surface area (Å²) in [5.41, 5.74) is 2.05. The molecule has 0 saturated heterocycles. The lowest BCUT2D eigenvalue weighted by Crippen LogP contribution is -2.28. The van der Waals surface area contributed by atoms with Crippen LogP contribution in [0.4, 0.5) is 0 Å². The normalized spacial score (nSPS) is 15.1. The largest absolute Gasteiger partial charge is 0.303 e. The first kappa shape index (κ1) is 13.3.